The van der Waals surface area contributed by atoms with Crippen LogP contribution in [0.25, 0.3) is 0 Å². The number of aromatic nitrogens is 3. The Hall–Kier alpha value is -3.29. The second-order valence-corrected chi connectivity index (χ2v) is 13.0. The molecule has 10 heteroatoms. The number of thiophene rings is 1. The Balaban J connectivity index is 1.41. The fraction of sp³-hybridized carbons (Fsp3) is 0.467. The van der Waals surface area contributed by atoms with Crippen LogP contribution >= 0.6 is 23.1 Å². The van der Waals surface area contributed by atoms with Gasteiger partial charge < -0.3 is 14.8 Å². The van der Waals surface area contributed by atoms with Crippen LogP contribution in [0.2, 0.25) is 0 Å². The van der Waals surface area contributed by atoms with Crippen LogP contribution in [-0.2, 0) is 30.8 Å². The third-order valence-electron chi connectivity index (χ3n) is 7.05. The van der Waals surface area contributed by atoms with Gasteiger partial charge in [0.15, 0.2) is 22.5 Å². The number of nitrogens with one attached hydrogen (secondary N) is 1. The van der Waals surface area contributed by atoms with Gasteiger partial charge in [-0.2, -0.15) is 5.26 Å². The number of aryl methyl sites for hydroxylation is 1. The number of benzene rings is 1. The van der Waals surface area contributed by atoms with E-state index in [9.17, 15) is 10.1 Å². The maximum absolute atomic E-state index is 13.0. The minimum absolute atomic E-state index is 0.140. The number of nitriles is 1. The Kier molecular flexibility index (Phi) is 9.59. The van der Waals surface area contributed by atoms with Gasteiger partial charge in [0.2, 0.25) is 5.91 Å². The van der Waals surface area contributed by atoms with Gasteiger partial charge in [-0.25, -0.2) is 0 Å². The number of carbonyl (C=O) groups excluding carboxylic acids is 1. The van der Waals surface area contributed by atoms with Crippen molar-refractivity contribution in [1.29, 1.82) is 5.26 Å². The first-order chi connectivity index (χ1) is 19.1. The summed E-state index contributed by atoms with van der Waals surface area (Å²) in [4.78, 5) is 14.2. The van der Waals surface area contributed by atoms with Crippen molar-refractivity contribution in [3.63, 3.8) is 0 Å². The van der Waals surface area contributed by atoms with Crippen LogP contribution in [0.4, 0.5) is 5.00 Å². The largest absolute Gasteiger partial charge is 0.490 e. The van der Waals surface area contributed by atoms with Gasteiger partial charge in [-0.3, -0.25) is 9.36 Å². The van der Waals surface area contributed by atoms with Crippen LogP contribution in [0.1, 0.15) is 61.5 Å². The van der Waals surface area contributed by atoms with Crippen molar-refractivity contribution in [3.8, 4) is 17.6 Å². The summed E-state index contributed by atoms with van der Waals surface area (Å²) in [6.07, 6.45) is 4.65. The Morgan fingerprint density at radius 3 is 2.83 bits per heavy atom. The number of rotatable bonds is 11. The minimum Gasteiger partial charge on any atom is -0.490 e. The molecule has 0 saturated heterocycles. The van der Waals surface area contributed by atoms with Gasteiger partial charge in [0, 0.05) is 11.4 Å². The highest BCUT2D eigenvalue weighted by molar-refractivity contribution is 7.99. The van der Waals surface area contributed by atoms with Gasteiger partial charge >= 0.3 is 0 Å². The Labute approximate surface area is 244 Å². The molecule has 0 bridgehead atoms. The molecule has 1 amide bonds. The lowest BCUT2D eigenvalue weighted by Gasteiger charge is -2.33. The molecule has 40 heavy (non-hydrogen) atoms. The molecule has 0 aliphatic heterocycles. The van der Waals surface area contributed by atoms with Gasteiger partial charge in [-0.05, 0) is 67.7 Å². The summed E-state index contributed by atoms with van der Waals surface area (Å²) in [7, 11) is 0. The van der Waals surface area contributed by atoms with E-state index in [0.717, 1.165) is 30.4 Å². The molecule has 3 aromatic rings. The lowest BCUT2D eigenvalue weighted by Crippen LogP contribution is -2.26. The molecule has 1 atom stereocenters. The molecule has 8 nitrogen and oxygen atoms in total. The molecule has 0 unspecified atom stereocenters. The molecule has 0 radical (unpaired) electrons. The molecule has 1 N–H and O–H groups in total. The van der Waals surface area contributed by atoms with E-state index in [1.54, 1.807) is 17.4 Å². The fourth-order valence-corrected chi connectivity index (χ4v) is 6.88. The van der Waals surface area contributed by atoms with E-state index in [2.05, 4.69) is 48.9 Å². The highest BCUT2D eigenvalue weighted by atomic mass is 32.2. The third-order valence-corrected chi connectivity index (χ3v) is 9.18. The number of fused-ring (bicyclic) bond motifs is 1. The molecule has 4 rings (SSSR count). The molecule has 1 aliphatic rings. The molecule has 0 saturated carbocycles. The summed E-state index contributed by atoms with van der Waals surface area (Å²) in [6, 6.07) is 8.13. The number of amides is 1. The van der Waals surface area contributed by atoms with Crippen molar-refractivity contribution in [2.75, 3.05) is 17.7 Å². The van der Waals surface area contributed by atoms with Crippen LogP contribution < -0.4 is 14.8 Å². The topological polar surface area (TPSA) is 102 Å². The first-order valence-electron chi connectivity index (χ1n) is 13.5. The molecule has 1 aromatic carbocycles. The number of thioether (sulfide) groups is 1. The van der Waals surface area contributed by atoms with Gasteiger partial charge in [0.25, 0.3) is 0 Å². The van der Waals surface area contributed by atoms with E-state index < -0.39 is 0 Å². The van der Waals surface area contributed by atoms with Crippen molar-refractivity contribution < 1.29 is 14.3 Å². The van der Waals surface area contributed by atoms with Crippen molar-refractivity contribution in [2.24, 2.45) is 11.3 Å². The number of carbonyl (C=O) groups is 1. The van der Waals surface area contributed by atoms with Crippen molar-refractivity contribution >= 4 is 34.0 Å². The van der Waals surface area contributed by atoms with Crippen LogP contribution in [0, 0.1) is 29.6 Å². The number of hydrogen-bond acceptors (Lipinski definition) is 8. The van der Waals surface area contributed by atoms with Gasteiger partial charge in [-0.1, -0.05) is 44.7 Å². The maximum atomic E-state index is 13.0. The molecule has 1 aliphatic carbocycles. The van der Waals surface area contributed by atoms with E-state index in [-0.39, 0.29) is 23.7 Å². The van der Waals surface area contributed by atoms with Gasteiger partial charge in [0.1, 0.15) is 17.7 Å². The Bertz CT molecular complexity index is 1410. The maximum Gasteiger partial charge on any atom is 0.235 e. The number of anilines is 1. The standard InChI is InChI=1S/C30H37N5O3S2/c1-7-13-35-26(17-38-23-12-9-19(3)14-24(23)37-8-2)33-34-29(35)39-18-27(36)32-28-22(16-31)21-11-10-20(30(4,5)6)15-25(21)40-28/h7,9,12,14,20H,1,8,10-11,13,15,17-18H2,2-6H3,(H,32,36)/t20-/m0/s1. The van der Waals surface area contributed by atoms with Crippen LogP contribution in [0.15, 0.2) is 36.0 Å². The Morgan fingerprint density at radius 1 is 1.32 bits per heavy atom. The monoisotopic (exact) mass is 579 g/mol. The van der Waals surface area contributed by atoms with Crippen molar-refractivity contribution in [2.45, 2.75) is 72.2 Å². The van der Waals surface area contributed by atoms with E-state index in [0.29, 0.717) is 52.1 Å². The second kappa shape index (κ2) is 12.9. The lowest BCUT2D eigenvalue weighted by atomic mass is 9.72. The molecule has 2 heterocycles. The zero-order valence-corrected chi connectivity index (χ0v) is 25.5. The summed E-state index contributed by atoms with van der Waals surface area (Å²) < 4.78 is 13.6. The average molecular weight is 580 g/mol. The van der Waals surface area contributed by atoms with Gasteiger partial charge in [-0.15, -0.1) is 28.1 Å². The summed E-state index contributed by atoms with van der Waals surface area (Å²) in [6.45, 7) is 15.8. The quantitative estimate of drug-likeness (QED) is 0.203. The number of hydrogen-bond donors (Lipinski definition) is 1. The summed E-state index contributed by atoms with van der Waals surface area (Å²) in [5, 5.41) is 22.7. The second-order valence-electron chi connectivity index (χ2n) is 10.9. The summed E-state index contributed by atoms with van der Waals surface area (Å²) >= 11 is 2.84. The van der Waals surface area contributed by atoms with E-state index >= 15 is 0 Å². The fourth-order valence-electron chi connectivity index (χ4n) is 4.81. The van der Waals surface area contributed by atoms with Crippen LogP contribution in [0.5, 0.6) is 11.5 Å². The molecule has 0 spiro atoms. The van der Waals surface area contributed by atoms with E-state index in [1.165, 1.54) is 16.6 Å². The number of ether oxygens (including phenoxy) is 2. The SMILES string of the molecule is C=CCn1c(COc2ccc(C)cc2OCC)nnc1SCC(=O)Nc1sc2c(c1C#N)CC[C@H](C(C)(C)C)C2. The zero-order valence-electron chi connectivity index (χ0n) is 23.9. The normalized spacial score (nSPS) is 14.8. The summed E-state index contributed by atoms with van der Waals surface area (Å²) in [5.74, 6) is 2.46. The number of nitrogens with zero attached hydrogens (tertiary/aromatic N) is 4. The molecule has 212 valence electrons. The van der Waals surface area contributed by atoms with Crippen LogP contribution in [0.3, 0.4) is 0 Å². The van der Waals surface area contributed by atoms with Crippen molar-refractivity contribution in [1.82, 2.24) is 14.8 Å². The molecule has 2 aromatic heterocycles. The first kappa shape index (κ1) is 29.7. The van der Waals surface area contributed by atoms with E-state index in [1.807, 2.05) is 36.6 Å². The van der Waals surface area contributed by atoms with Crippen LogP contribution in [-0.4, -0.2) is 33.0 Å². The predicted molar refractivity (Wildman–Crippen MR) is 160 cm³/mol. The smallest absolute Gasteiger partial charge is 0.235 e. The lowest BCUT2D eigenvalue weighted by molar-refractivity contribution is -0.113. The molecular weight excluding hydrogens is 542 g/mol. The predicted octanol–water partition coefficient (Wildman–Crippen LogP) is 6.57. The zero-order chi connectivity index (χ0) is 28.9. The highest BCUT2D eigenvalue weighted by Crippen LogP contribution is 2.44. The molecular formula is C30H37N5O3S2. The first-order valence-corrected chi connectivity index (χ1v) is 15.3. The third kappa shape index (κ3) is 6.88. The highest BCUT2D eigenvalue weighted by Gasteiger charge is 2.32. The number of allylic oxidation sites excluding steroid dienone is 1. The van der Waals surface area contributed by atoms with Gasteiger partial charge in [0.05, 0.1) is 17.9 Å². The van der Waals surface area contributed by atoms with E-state index in [4.69, 9.17) is 9.47 Å². The summed E-state index contributed by atoms with van der Waals surface area (Å²) in [5.41, 5.74) is 3.02. The average Bonchev–Trinajstić information content (AvgIpc) is 3.46. The molecule has 0 fully saturated rings. The minimum atomic E-state index is -0.181. The Morgan fingerprint density at radius 2 is 2.12 bits per heavy atom. The van der Waals surface area contributed by atoms with Crippen molar-refractivity contribution in [3.05, 3.63) is 58.2 Å².